The third-order valence-corrected chi connectivity index (χ3v) is 2.14. The Morgan fingerprint density at radius 3 is 2.50 bits per heavy atom. The number of nitrogens with two attached hydrogens (primary N) is 2. The molecular formula is C13H20N4O3. The lowest BCUT2D eigenvalue weighted by atomic mass is 10.2. The summed E-state index contributed by atoms with van der Waals surface area (Å²) in [7, 11) is 0. The van der Waals surface area contributed by atoms with Gasteiger partial charge in [-0.3, -0.25) is 4.79 Å². The van der Waals surface area contributed by atoms with E-state index in [0.717, 1.165) is 0 Å². The number of carbonyl (C=O) groups is 2. The molecule has 7 heteroatoms. The van der Waals surface area contributed by atoms with Gasteiger partial charge < -0.3 is 26.8 Å². The Morgan fingerprint density at radius 1 is 1.25 bits per heavy atom. The molecule has 0 saturated carbocycles. The van der Waals surface area contributed by atoms with Crippen LogP contribution in [0.1, 0.15) is 20.8 Å². The van der Waals surface area contributed by atoms with Crippen molar-refractivity contribution in [3.63, 3.8) is 0 Å². The quantitative estimate of drug-likeness (QED) is 0.622. The van der Waals surface area contributed by atoms with Gasteiger partial charge in [-0.1, -0.05) is 0 Å². The van der Waals surface area contributed by atoms with Crippen LogP contribution in [-0.2, 0) is 9.53 Å². The van der Waals surface area contributed by atoms with Crippen molar-refractivity contribution in [1.29, 1.82) is 0 Å². The van der Waals surface area contributed by atoms with Crippen LogP contribution in [0.4, 0.5) is 21.9 Å². The van der Waals surface area contributed by atoms with E-state index < -0.39 is 17.6 Å². The number of hydrogen-bond donors (Lipinski definition) is 4. The molecule has 0 unspecified atom stereocenters. The van der Waals surface area contributed by atoms with Crippen LogP contribution >= 0.6 is 0 Å². The minimum atomic E-state index is -0.659. The number of ether oxygens (including phenoxy) is 1. The first kappa shape index (κ1) is 15.6. The molecule has 0 aliphatic carbocycles. The monoisotopic (exact) mass is 280 g/mol. The van der Waals surface area contributed by atoms with Crippen LogP contribution in [-0.4, -0.2) is 24.1 Å². The fraction of sp³-hybridized carbons (Fsp3) is 0.385. The topological polar surface area (TPSA) is 119 Å². The maximum absolute atomic E-state index is 11.7. The number of amides is 2. The largest absolute Gasteiger partial charge is 0.444 e. The van der Waals surface area contributed by atoms with Gasteiger partial charge in [-0.15, -0.1) is 0 Å². The van der Waals surface area contributed by atoms with E-state index in [4.69, 9.17) is 16.2 Å². The molecule has 0 aliphatic heterocycles. The number of rotatable bonds is 3. The predicted molar refractivity (Wildman–Crippen MR) is 78.1 cm³/mol. The summed E-state index contributed by atoms with van der Waals surface area (Å²) in [5.41, 5.74) is 12.0. The SMILES string of the molecule is CC(C)(C)OC(=O)NCC(=O)Nc1cc(N)ccc1N. The number of hydrogen-bond acceptors (Lipinski definition) is 5. The van der Waals surface area contributed by atoms with Crippen LogP contribution in [0, 0.1) is 0 Å². The molecule has 2 amide bonds. The zero-order valence-corrected chi connectivity index (χ0v) is 11.8. The lowest BCUT2D eigenvalue weighted by Crippen LogP contribution is -2.37. The lowest BCUT2D eigenvalue weighted by molar-refractivity contribution is -0.115. The number of nitrogens with one attached hydrogen (secondary N) is 2. The first-order valence-corrected chi connectivity index (χ1v) is 6.09. The maximum Gasteiger partial charge on any atom is 0.408 e. The highest BCUT2D eigenvalue weighted by Crippen LogP contribution is 2.20. The summed E-state index contributed by atoms with van der Waals surface area (Å²) in [6, 6.07) is 4.76. The molecule has 1 rings (SSSR count). The van der Waals surface area contributed by atoms with Crippen LogP contribution in [0.2, 0.25) is 0 Å². The van der Waals surface area contributed by atoms with E-state index in [1.165, 1.54) is 0 Å². The Hall–Kier alpha value is -2.44. The van der Waals surface area contributed by atoms with Crippen LogP contribution in [0.3, 0.4) is 0 Å². The highest BCUT2D eigenvalue weighted by Gasteiger charge is 2.16. The van der Waals surface area contributed by atoms with Gasteiger partial charge in [-0.05, 0) is 39.0 Å². The summed E-state index contributed by atoms with van der Waals surface area (Å²) >= 11 is 0. The number of alkyl carbamates (subject to hydrolysis) is 1. The fourth-order valence-electron chi connectivity index (χ4n) is 1.34. The smallest absolute Gasteiger partial charge is 0.408 e. The summed E-state index contributed by atoms with van der Waals surface area (Å²) in [6.45, 7) is 4.99. The molecule has 0 spiro atoms. The standard InChI is InChI=1S/C13H20N4O3/c1-13(2,3)20-12(19)16-7-11(18)17-10-6-8(14)4-5-9(10)15/h4-6H,7,14-15H2,1-3H3,(H,16,19)(H,17,18). The van der Waals surface area contributed by atoms with Gasteiger partial charge in [0.15, 0.2) is 0 Å². The second-order valence-corrected chi connectivity index (χ2v) is 5.25. The van der Waals surface area contributed by atoms with Crippen molar-refractivity contribution in [3.05, 3.63) is 18.2 Å². The first-order chi connectivity index (χ1) is 9.17. The highest BCUT2D eigenvalue weighted by atomic mass is 16.6. The summed E-state index contributed by atoms with van der Waals surface area (Å²) in [6.07, 6.45) is -0.659. The van der Waals surface area contributed by atoms with Crippen LogP contribution in [0.25, 0.3) is 0 Å². The van der Waals surface area contributed by atoms with E-state index in [9.17, 15) is 9.59 Å². The van der Waals surface area contributed by atoms with E-state index in [1.54, 1.807) is 39.0 Å². The van der Waals surface area contributed by atoms with Gasteiger partial charge in [0.05, 0.1) is 11.4 Å². The molecular weight excluding hydrogens is 260 g/mol. The first-order valence-electron chi connectivity index (χ1n) is 6.09. The van der Waals surface area contributed by atoms with Crippen LogP contribution < -0.4 is 22.1 Å². The molecule has 0 atom stereocenters. The van der Waals surface area contributed by atoms with Crippen LogP contribution in [0.15, 0.2) is 18.2 Å². The van der Waals surface area contributed by atoms with Crippen molar-refractivity contribution in [2.45, 2.75) is 26.4 Å². The number of nitrogen functional groups attached to an aromatic ring is 2. The summed E-state index contributed by atoms with van der Waals surface area (Å²) in [4.78, 5) is 23.0. The molecule has 0 heterocycles. The predicted octanol–water partition coefficient (Wildman–Crippen LogP) is 1.31. The average Bonchev–Trinajstić information content (AvgIpc) is 2.29. The molecule has 20 heavy (non-hydrogen) atoms. The minimum Gasteiger partial charge on any atom is -0.444 e. The lowest BCUT2D eigenvalue weighted by Gasteiger charge is -2.19. The van der Waals surface area contributed by atoms with Crippen molar-refractivity contribution >= 4 is 29.1 Å². The Labute approximate surface area is 117 Å². The van der Waals surface area contributed by atoms with Crippen molar-refractivity contribution in [1.82, 2.24) is 5.32 Å². The van der Waals surface area contributed by atoms with Gasteiger partial charge in [0.1, 0.15) is 12.1 Å². The van der Waals surface area contributed by atoms with E-state index in [2.05, 4.69) is 10.6 Å². The van der Waals surface area contributed by atoms with E-state index in [0.29, 0.717) is 17.1 Å². The minimum absolute atomic E-state index is 0.219. The van der Waals surface area contributed by atoms with Crippen molar-refractivity contribution < 1.29 is 14.3 Å². The number of anilines is 3. The van der Waals surface area contributed by atoms with E-state index in [-0.39, 0.29) is 6.54 Å². The highest BCUT2D eigenvalue weighted by molar-refractivity contribution is 5.96. The summed E-state index contributed by atoms with van der Waals surface area (Å²) in [5, 5.41) is 4.90. The molecule has 1 aromatic carbocycles. The molecule has 110 valence electrons. The third kappa shape index (κ3) is 5.47. The summed E-state index contributed by atoms with van der Waals surface area (Å²) < 4.78 is 5.01. The van der Waals surface area contributed by atoms with Gasteiger partial charge in [-0.2, -0.15) is 0 Å². The van der Waals surface area contributed by atoms with Gasteiger partial charge in [-0.25, -0.2) is 4.79 Å². The molecule has 6 N–H and O–H groups in total. The second-order valence-electron chi connectivity index (χ2n) is 5.25. The molecule has 0 saturated heterocycles. The molecule has 0 bridgehead atoms. The zero-order chi connectivity index (χ0) is 15.3. The number of carbonyl (C=O) groups excluding carboxylic acids is 2. The van der Waals surface area contributed by atoms with E-state index >= 15 is 0 Å². The Morgan fingerprint density at radius 2 is 1.90 bits per heavy atom. The van der Waals surface area contributed by atoms with E-state index in [1.807, 2.05) is 0 Å². The molecule has 0 radical (unpaired) electrons. The van der Waals surface area contributed by atoms with Crippen molar-refractivity contribution in [2.75, 3.05) is 23.3 Å². The van der Waals surface area contributed by atoms with Gasteiger partial charge in [0, 0.05) is 5.69 Å². The Kier molecular flexibility index (Phi) is 4.79. The van der Waals surface area contributed by atoms with Crippen LogP contribution in [0.5, 0.6) is 0 Å². The molecule has 1 aromatic rings. The van der Waals surface area contributed by atoms with Gasteiger partial charge >= 0.3 is 6.09 Å². The maximum atomic E-state index is 11.7. The van der Waals surface area contributed by atoms with Crippen molar-refractivity contribution in [2.24, 2.45) is 0 Å². The molecule has 0 fully saturated rings. The fourth-order valence-corrected chi connectivity index (χ4v) is 1.34. The van der Waals surface area contributed by atoms with Gasteiger partial charge in [0.2, 0.25) is 5.91 Å². The van der Waals surface area contributed by atoms with Crippen molar-refractivity contribution in [3.8, 4) is 0 Å². The van der Waals surface area contributed by atoms with Gasteiger partial charge in [0.25, 0.3) is 0 Å². The molecule has 7 nitrogen and oxygen atoms in total. The molecule has 0 aliphatic rings. The Balaban J connectivity index is 2.48. The summed E-state index contributed by atoms with van der Waals surface area (Å²) in [5.74, 6) is -0.423. The molecule has 0 aromatic heterocycles. The zero-order valence-electron chi connectivity index (χ0n) is 11.8. The third-order valence-electron chi connectivity index (χ3n) is 2.14. The number of benzene rings is 1. The second kappa shape index (κ2) is 6.14. The normalized spacial score (nSPS) is 10.8. The average molecular weight is 280 g/mol. The Bertz CT molecular complexity index is 509.